The van der Waals surface area contributed by atoms with Crippen molar-refractivity contribution in [2.24, 2.45) is 7.05 Å². The molecule has 1 aromatic heterocycles. The number of methoxy groups -OCH3 is 1. The van der Waals surface area contributed by atoms with E-state index in [9.17, 15) is 4.79 Å². The number of nitrogens with zero attached hydrogens (tertiary/aromatic N) is 2. The van der Waals surface area contributed by atoms with Gasteiger partial charge in [0.15, 0.2) is 0 Å². The molecule has 0 radical (unpaired) electrons. The lowest BCUT2D eigenvalue weighted by Crippen LogP contribution is -2.44. The molecule has 1 aliphatic rings. The minimum absolute atomic E-state index is 0.00679. The lowest BCUT2D eigenvalue weighted by atomic mass is 10.1. The van der Waals surface area contributed by atoms with Gasteiger partial charge < -0.3 is 18.9 Å². The van der Waals surface area contributed by atoms with E-state index in [0.29, 0.717) is 19.8 Å². The molecule has 2 aromatic rings. The van der Waals surface area contributed by atoms with Crippen LogP contribution in [0.25, 0.3) is 17.0 Å². The summed E-state index contributed by atoms with van der Waals surface area (Å²) in [5.41, 5.74) is 2.21. The number of fused-ring (bicyclic) bond motifs is 1. The fourth-order valence-corrected chi connectivity index (χ4v) is 3.52. The highest BCUT2D eigenvalue weighted by Gasteiger charge is 2.31. The molecule has 2 heterocycles. The average Bonchev–Trinajstić information content (AvgIpc) is 3.18. The molecule has 5 nitrogen and oxygen atoms in total. The topological polar surface area (TPSA) is 43.7 Å². The number of ether oxygens (including phenoxy) is 2. The van der Waals surface area contributed by atoms with Gasteiger partial charge in [0, 0.05) is 56.0 Å². The number of benzene rings is 1. The first-order chi connectivity index (χ1) is 12.1. The zero-order chi connectivity index (χ0) is 17.8. The first-order valence-corrected chi connectivity index (χ1v) is 8.75. The predicted molar refractivity (Wildman–Crippen MR) is 99.4 cm³/mol. The number of amides is 1. The second-order valence-corrected chi connectivity index (χ2v) is 6.50. The molecule has 1 amide bonds. The molecule has 1 fully saturated rings. The van der Waals surface area contributed by atoms with Gasteiger partial charge in [0.25, 0.3) is 0 Å². The second kappa shape index (κ2) is 7.85. The van der Waals surface area contributed by atoms with Crippen LogP contribution in [0.15, 0.2) is 36.5 Å². The van der Waals surface area contributed by atoms with Crippen LogP contribution in [0, 0.1) is 0 Å². The van der Waals surface area contributed by atoms with E-state index in [0.717, 1.165) is 22.9 Å². The molecule has 3 rings (SSSR count). The van der Waals surface area contributed by atoms with Crippen molar-refractivity contribution < 1.29 is 14.3 Å². The Morgan fingerprint density at radius 2 is 2.24 bits per heavy atom. The van der Waals surface area contributed by atoms with Gasteiger partial charge in [-0.3, -0.25) is 4.79 Å². The maximum Gasteiger partial charge on any atom is 0.246 e. The van der Waals surface area contributed by atoms with E-state index < -0.39 is 0 Å². The number of para-hydroxylation sites is 1. The van der Waals surface area contributed by atoms with E-state index in [1.807, 2.05) is 37.1 Å². The van der Waals surface area contributed by atoms with E-state index in [1.165, 1.54) is 0 Å². The number of aromatic nitrogens is 1. The lowest BCUT2D eigenvalue weighted by molar-refractivity contribution is -0.130. The third-order valence-corrected chi connectivity index (χ3v) is 4.89. The third kappa shape index (κ3) is 3.78. The Hall–Kier alpha value is -2.11. The fraction of sp³-hybridized carbons (Fsp3) is 0.450. The van der Waals surface area contributed by atoms with Gasteiger partial charge in [-0.25, -0.2) is 0 Å². The average molecular weight is 342 g/mol. The maximum absolute atomic E-state index is 12.8. The van der Waals surface area contributed by atoms with Gasteiger partial charge >= 0.3 is 0 Å². The van der Waals surface area contributed by atoms with Gasteiger partial charge in [0.1, 0.15) is 0 Å². The van der Waals surface area contributed by atoms with Crippen LogP contribution in [0.3, 0.4) is 0 Å². The first-order valence-electron chi connectivity index (χ1n) is 8.75. The zero-order valence-electron chi connectivity index (χ0n) is 15.1. The van der Waals surface area contributed by atoms with Crippen molar-refractivity contribution >= 4 is 22.9 Å². The molecule has 5 heteroatoms. The SMILES string of the molecule is COCCN(C(=O)C=Cc1cn(C)c2ccccc12)C1CCOC1C. The normalized spacial score (nSPS) is 20.6. The summed E-state index contributed by atoms with van der Waals surface area (Å²) in [7, 11) is 3.67. The molecule has 1 aromatic carbocycles. The number of carbonyl (C=O) groups is 1. The summed E-state index contributed by atoms with van der Waals surface area (Å²) >= 11 is 0. The van der Waals surface area contributed by atoms with Crippen LogP contribution in [0.5, 0.6) is 0 Å². The van der Waals surface area contributed by atoms with Gasteiger partial charge in [0.2, 0.25) is 5.91 Å². The van der Waals surface area contributed by atoms with Crippen LogP contribution in [0.2, 0.25) is 0 Å². The van der Waals surface area contributed by atoms with Crippen LogP contribution in [0.1, 0.15) is 18.9 Å². The molecule has 134 valence electrons. The Kier molecular flexibility index (Phi) is 5.56. The maximum atomic E-state index is 12.8. The summed E-state index contributed by atoms with van der Waals surface area (Å²) in [6.45, 7) is 3.83. The molecule has 0 bridgehead atoms. The zero-order valence-corrected chi connectivity index (χ0v) is 15.1. The van der Waals surface area contributed by atoms with E-state index in [-0.39, 0.29) is 18.1 Å². The van der Waals surface area contributed by atoms with Gasteiger partial charge in [-0.05, 0) is 25.5 Å². The second-order valence-electron chi connectivity index (χ2n) is 6.50. The lowest BCUT2D eigenvalue weighted by Gasteiger charge is -2.29. The predicted octanol–water partition coefficient (Wildman–Crippen LogP) is 2.84. The standard InChI is InChI=1S/C20H26N2O3/c1-15-18(10-12-25-15)22(11-13-24-3)20(23)9-8-16-14-21(2)19-7-5-4-6-17(16)19/h4-9,14-15,18H,10-13H2,1-3H3. The molecule has 2 atom stereocenters. The molecule has 2 unspecified atom stereocenters. The van der Waals surface area contributed by atoms with E-state index >= 15 is 0 Å². The largest absolute Gasteiger partial charge is 0.383 e. The molecule has 1 aliphatic heterocycles. The summed E-state index contributed by atoms with van der Waals surface area (Å²) in [4.78, 5) is 14.7. The summed E-state index contributed by atoms with van der Waals surface area (Å²) in [5, 5.41) is 1.15. The van der Waals surface area contributed by atoms with E-state index in [1.54, 1.807) is 13.2 Å². The molecule has 0 saturated carbocycles. The minimum atomic E-state index is 0.00679. The van der Waals surface area contributed by atoms with E-state index in [2.05, 4.69) is 22.9 Å². The summed E-state index contributed by atoms with van der Waals surface area (Å²) in [6.07, 6.45) is 6.56. The Bertz CT molecular complexity index is 765. The summed E-state index contributed by atoms with van der Waals surface area (Å²) < 4.78 is 12.9. The Morgan fingerprint density at radius 3 is 2.96 bits per heavy atom. The quantitative estimate of drug-likeness (QED) is 0.758. The van der Waals surface area contributed by atoms with Crippen molar-refractivity contribution in [3.8, 4) is 0 Å². The fourth-order valence-electron chi connectivity index (χ4n) is 3.52. The van der Waals surface area contributed by atoms with Gasteiger partial charge in [0.05, 0.1) is 18.8 Å². The molecular weight excluding hydrogens is 316 g/mol. The van der Waals surface area contributed by atoms with Crippen LogP contribution < -0.4 is 0 Å². The van der Waals surface area contributed by atoms with Gasteiger partial charge in [-0.1, -0.05) is 18.2 Å². The van der Waals surface area contributed by atoms with Crippen molar-refractivity contribution in [1.82, 2.24) is 9.47 Å². The highest BCUT2D eigenvalue weighted by Crippen LogP contribution is 2.23. The van der Waals surface area contributed by atoms with Crippen LogP contribution >= 0.6 is 0 Å². The number of hydrogen-bond acceptors (Lipinski definition) is 3. The molecule has 0 spiro atoms. The van der Waals surface area contributed by atoms with Crippen molar-refractivity contribution in [2.45, 2.75) is 25.5 Å². The Labute approximate surface area is 148 Å². The molecule has 1 saturated heterocycles. The number of carbonyl (C=O) groups excluding carboxylic acids is 1. The van der Waals surface area contributed by atoms with Crippen molar-refractivity contribution in [2.75, 3.05) is 26.9 Å². The number of rotatable bonds is 6. The number of aryl methyl sites for hydroxylation is 1. The first kappa shape index (κ1) is 17.7. The summed E-state index contributed by atoms with van der Waals surface area (Å²) in [6, 6.07) is 8.31. The number of hydrogen-bond donors (Lipinski definition) is 0. The third-order valence-electron chi connectivity index (χ3n) is 4.89. The highest BCUT2D eigenvalue weighted by molar-refractivity contribution is 5.96. The van der Waals surface area contributed by atoms with Crippen molar-refractivity contribution in [3.63, 3.8) is 0 Å². The van der Waals surface area contributed by atoms with Gasteiger partial charge in [-0.2, -0.15) is 0 Å². The monoisotopic (exact) mass is 342 g/mol. The summed E-state index contributed by atoms with van der Waals surface area (Å²) in [5.74, 6) is 0.00679. The Balaban J connectivity index is 1.80. The minimum Gasteiger partial charge on any atom is -0.383 e. The van der Waals surface area contributed by atoms with Gasteiger partial charge in [-0.15, -0.1) is 0 Å². The highest BCUT2D eigenvalue weighted by atomic mass is 16.5. The van der Waals surface area contributed by atoms with E-state index in [4.69, 9.17) is 9.47 Å². The van der Waals surface area contributed by atoms with Crippen molar-refractivity contribution in [3.05, 3.63) is 42.1 Å². The van der Waals surface area contributed by atoms with Crippen LogP contribution in [-0.2, 0) is 21.3 Å². The molecule has 0 N–H and O–H groups in total. The molecular formula is C20H26N2O3. The van der Waals surface area contributed by atoms with Crippen LogP contribution in [0.4, 0.5) is 0 Å². The Morgan fingerprint density at radius 1 is 1.44 bits per heavy atom. The van der Waals surface area contributed by atoms with Crippen LogP contribution in [-0.4, -0.2) is 54.4 Å². The van der Waals surface area contributed by atoms with Crippen molar-refractivity contribution in [1.29, 1.82) is 0 Å². The smallest absolute Gasteiger partial charge is 0.246 e. The molecule has 25 heavy (non-hydrogen) atoms. The molecule has 0 aliphatic carbocycles.